The van der Waals surface area contributed by atoms with Gasteiger partial charge in [-0.3, -0.25) is 0 Å². The smallest absolute Gasteiger partial charge is 0.368 e. The molecule has 2 heterocycles. The summed E-state index contributed by atoms with van der Waals surface area (Å²) in [4.78, 5) is 17.6. The maximum Gasteiger partial charge on any atom is 0.368 e. The van der Waals surface area contributed by atoms with Gasteiger partial charge in [0.1, 0.15) is 11.5 Å². The Hall–Kier alpha value is -2.40. The number of thiophene rings is 1. The molecule has 0 spiro atoms. The average molecular weight is 327 g/mol. The van der Waals surface area contributed by atoms with Crippen LogP contribution in [0.25, 0.3) is 6.08 Å². The molecule has 0 aliphatic carbocycles. The maximum atomic E-state index is 11.9. The lowest BCUT2D eigenvalue weighted by molar-refractivity contribution is -0.136. The van der Waals surface area contributed by atoms with Crippen LogP contribution in [0.15, 0.2) is 52.5 Å². The Morgan fingerprint density at radius 1 is 1.26 bits per heavy atom. The standard InChI is InChI=1S/C18H17NO3S/c1-2-3-10-21-14-8-6-13(7-9-14)12-15-17(19-22-18(15)20)16-5-4-11-23-16/h4-9,11-12H,2-3,10H2,1H3. The van der Waals surface area contributed by atoms with Crippen molar-refractivity contribution in [2.45, 2.75) is 19.8 Å². The molecule has 1 aromatic carbocycles. The van der Waals surface area contributed by atoms with Gasteiger partial charge in [0.05, 0.1) is 17.1 Å². The van der Waals surface area contributed by atoms with Crippen LogP contribution in [0.3, 0.4) is 0 Å². The first-order valence-electron chi connectivity index (χ1n) is 7.56. The molecule has 23 heavy (non-hydrogen) atoms. The van der Waals surface area contributed by atoms with Crippen molar-refractivity contribution in [3.63, 3.8) is 0 Å². The van der Waals surface area contributed by atoms with Gasteiger partial charge < -0.3 is 9.57 Å². The molecule has 0 N–H and O–H groups in total. The topological polar surface area (TPSA) is 47.9 Å². The molecule has 1 aromatic heterocycles. The van der Waals surface area contributed by atoms with Gasteiger partial charge in [-0.25, -0.2) is 4.79 Å². The fourth-order valence-electron chi connectivity index (χ4n) is 2.16. The number of unbranched alkanes of at least 4 members (excludes halogenated alkanes) is 1. The molecule has 1 aliphatic rings. The zero-order valence-corrected chi connectivity index (χ0v) is 13.6. The predicted octanol–water partition coefficient (Wildman–Crippen LogP) is 4.27. The van der Waals surface area contributed by atoms with Crippen LogP contribution in [0.2, 0.25) is 0 Å². The number of nitrogens with zero attached hydrogens (tertiary/aromatic N) is 1. The maximum absolute atomic E-state index is 11.9. The summed E-state index contributed by atoms with van der Waals surface area (Å²) in [5, 5.41) is 5.83. The number of benzene rings is 1. The Morgan fingerprint density at radius 3 is 2.78 bits per heavy atom. The van der Waals surface area contributed by atoms with Crippen LogP contribution in [0.4, 0.5) is 0 Å². The molecule has 0 amide bonds. The third kappa shape index (κ3) is 3.68. The van der Waals surface area contributed by atoms with Gasteiger partial charge in [0.15, 0.2) is 0 Å². The van der Waals surface area contributed by atoms with Gasteiger partial charge in [0, 0.05) is 0 Å². The van der Waals surface area contributed by atoms with E-state index in [1.807, 2.05) is 41.8 Å². The molecule has 2 aromatic rings. The number of carbonyl (C=O) groups is 1. The van der Waals surface area contributed by atoms with Crippen LogP contribution >= 0.6 is 11.3 Å². The van der Waals surface area contributed by atoms with E-state index in [1.54, 1.807) is 6.08 Å². The molecule has 0 fully saturated rings. The van der Waals surface area contributed by atoms with Gasteiger partial charge >= 0.3 is 5.97 Å². The Kier molecular flexibility index (Phi) is 4.88. The third-order valence-corrected chi connectivity index (χ3v) is 4.28. The summed E-state index contributed by atoms with van der Waals surface area (Å²) in [7, 11) is 0. The average Bonchev–Trinajstić information content (AvgIpc) is 3.20. The summed E-state index contributed by atoms with van der Waals surface area (Å²) in [5.74, 6) is 0.415. The molecule has 4 nitrogen and oxygen atoms in total. The van der Waals surface area contributed by atoms with Crippen LogP contribution in [-0.4, -0.2) is 18.3 Å². The van der Waals surface area contributed by atoms with Gasteiger partial charge in [0.25, 0.3) is 0 Å². The summed E-state index contributed by atoms with van der Waals surface area (Å²) in [5.41, 5.74) is 1.98. The summed E-state index contributed by atoms with van der Waals surface area (Å²) in [6.07, 6.45) is 3.94. The molecular weight excluding hydrogens is 310 g/mol. The number of ether oxygens (including phenoxy) is 1. The lowest BCUT2D eigenvalue weighted by Gasteiger charge is -2.05. The largest absolute Gasteiger partial charge is 0.494 e. The fraction of sp³-hybridized carbons (Fsp3) is 0.222. The van der Waals surface area contributed by atoms with E-state index in [2.05, 4.69) is 12.1 Å². The highest BCUT2D eigenvalue weighted by atomic mass is 32.1. The van der Waals surface area contributed by atoms with Crippen LogP contribution in [-0.2, 0) is 9.63 Å². The molecule has 0 radical (unpaired) electrons. The first-order valence-corrected chi connectivity index (χ1v) is 8.44. The monoisotopic (exact) mass is 327 g/mol. The summed E-state index contributed by atoms with van der Waals surface area (Å²) in [6.45, 7) is 2.85. The van der Waals surface area contributed by atoms with E-state index < -0.39 is 5.97 Å². The summed E-state index contributed by atoms with van der Waals surface area (Å²) < 4.78 is 5.64. The zero-order chi connectivity index (χ0) is 16.1. The Morgan fingerprint density at radius 2 is 2.09 bits per heavy atom. The van der Waals surface area contributed by atoms with Gasteiger partial charge in [-0.05, 0) is 41.6 Å². The molecule has 3 rings (SSSR count). The van der Waals surface area contributed by atoms with Crippen LogP contribution in [0.5, 0.6) is 5.75 Å². The third-order valence-electron chi connectivity index (χ3n) is 3.41. The Bertz CT molecular complexity index is 730. The second-order valence-electron chi connectivity index (χ2n) is 5.13. The van der Waals surface area contributed by atoms with Gasteiger partial charge in [-0.1, -0.05) is 36.7 Å². The second kappa shape index (κ2) is 7.24. The Balaban J connectivity index is 1.77. The lowest BCUT2D eigenvalue weighted by Crippen LogP contribution is -2.05. The van der Waals surface area contributed by atoms with Crippen molar-refractivity contribution in [3.8, 4) is 5.75 Å². The molecule has 0 saturated carbocycles. The lowest BCUT2D eigenvalue weighted by atomic mass is 10.1. The predicted molar refractivity (Wildman–Crippen MR) is 91.8 cm³/mol. The minimum absolute atomic E-state index is 0.420. The molecular formula is C18H17NO3S. The number of oxime groups is 1. The molecule has 118 valence electrons. The number of rotatable bonds is 6. The van der Waals surface area contributed by atoms with E-state index in [1.165, 1.54) is 11.3 Å². The van der Waals surface area contributed by atoms with Crippen molar-refractivity contribution < 1.29 is 14.4 Å². The normalized spacial score (nSPS) is 15.6. The number of hydrogen-bond donors (Lipinski definition) is 0. The van der Waals surface area contributed by atoms with Gasteiger partial charge in [-0.15, -0.1) is 11.3 Å². The molecule has 1 aliphatic heterocycles. The highest BCUT2D eigenvalue weighted by Crippen LogP contribution is 2.24. The molecule has 5 heteroatoms. The Labute approximate surface area is 139 Å². The zero-order valence-electron chi connectivity index (χ0n) is 12.8. The van der Waals surface area contributed by atoms with Crippen molar-refractivity contribution in [2.24, 2.45) is 5.16 Å². The van der Waals surface area contributed by atoms with E-state index in [9.17, 15) is 4.79 Å². The van der Waals surface area contributed by atoms with Crippen molar-refractivity contribution in [1.29, 1.82) is 0 Å². The van der Waals surface area contributed by atoms with Gasteiger partial charge in [0.2, 0.25) is 0 Å². The highest BCUT2D eigenvalue weighted by Gasteiger charge is 2.27. The number of carbonyl (C=O) groups excluding carboxylic acids is 1. The van der Waals surface area contributed by atoms with Gasteiger partial charge in [-0.2, -0.15) is 0 Å². The minimum Gasteiger partial charge on any atom is -0.494 e. The first-order chi connectivity index (χ1) is 11.3. The molecule has 0 unspecified atom stereocenters. The molecule has 0 bridgehead atoms. The fourth-order valence-corrected chi connectivity index (χ4v) is 2.88. The van der Waals surface area contributed by atoms with Crippen LogP contribution < -0.4 is 4.74 Å². The quantitative estimate of drug-likeness (QED) is 0.452. The number of hydrogen-bond acceptors (Lipinski definition) is 5. The second-order valence-corrected chi connectivity index (χ2v) is 6.07. The van der Waals surface area contributed by atoms with Crippen LogP contribution in [0.1, 0.15) is 30.2 Å². The van der Waals surface area contributed by atoms with E-state index in [0.29, 0.717) is 11.3 Å². The first kappa shape index (κ1) is 15.5. The van der Waals surface area contributed by atoms with E-state index >= 15 is 0 Å². The van der Waals surface area contributed by atoms with Crippen molar-refractivity contribution >= 4 is 29.1 Å². The summed E-state index contributed by atoms with van der Waals surface area (Å²) >= 11 is 1.53. The summed E-state index contributed by atoms with van der Waals surface area (Å²) in [6, 6.07) is 11.5. The SMILES string of the molecule is CCCCOc1ccc(C=C2C(=O)ON=C2c2cccs2)cc1. The molecule has 0 atom stereocenters. The van der Waals surface area contributed by atoms with Crippen molar-refractivity contribution in [3.05, 3.63) is 57.8 Å². The molecule has 0 saturated heterocycles. The van der Waals surface area contributed by atoms with Crippen molar-refractivity contribution in [1.82, 2.24) is 0 Å². The van der Waals surface area contributed by atoms with E-state index in [-0.39, 0.29) is 0 Å². The van der Waals surface area contributed by atoms with Crippen molar-refractivity contribution in [2.75, 3.05) is 6.61 Å². The van der Waals surface area contributed by atoms with E-state index in [4.69, 9.17) is 9.57 Å². The van der Waals surface area contributed by atoms with E-state index in [0.717, 1.165) is 35.6 Å². The minimum atomic E-state index is -0.420. The highest BCUT2D eigenvalue weighted by molar-refractivity contribution is 7.12. The van der Waals surface area contributed by atoms with Crippen LogP contribution in [0, 0.1) is 0 Å².